The van der Waals surface area contributed by atoms with Gasteiger partial charge in [-0.1, -0.05) is 12.1 Å². The minimum atomic E-state index is -0.836. The average molecular weight is 246 g/mol. The van der Waals surface area contributed by atoms with Crippen LogP contribution < -0.4 is 4.74 Å². The number of hydrogen-bond acceptors (Lipinski definition) is 3. The minimum absolute atomic E-state index is 0.0283. The molecule has 0 atom stereocenters. The van der Waals surface area contributed by atoms with Gasteiger partial charge in [-0.15, -0.1) is 0 Å². The van der Waals surface area contributed by atoms with Gasteiger partial charge in [-0.05, 0) is 23.8 Å². The molecule has 0 spiro atoms. The van der Waals surface area contributed by atoms with Gasteiger partial charge in [0.1, 0.15) is 12.4 Å². The summed E-state index contributed by atoms with van der Waals surface area (Å²) in [6.45, 7) is 0.402. The molecule has 0 saturated heterocycles. The van der Waals surface area contributed by atoms with Gasteiger partial charge in [0.25, 0.3) is 0 Å². The van der Waals surface area contributed by atoms with E-state index in [-0.39, 0.29) is 6.42 Å². The number of carboxylic acids is 1. The van der Waals surface area contributed by atoms with Crippen molar-refractivity contribution >= 4 is 5.97 Å². The first kappa shape index (κ1) is 12.2. The Balaban J connectivity index is 1.92. The number of ether oxygens (including phenoxy) is 1. The number of nitrogens with zero attached hydrogens (tertiary/aromatic N) is 2. The van der Waals surface area contributed by atoms with Crippen LogP contribution in [0.3, 0.4) is 0 Å². The predicted octanol–water partition coefficient (Wildman–Crippen LogP) is 1.63. The van der Waals surface area contributed by atoms with Gasteiger partial charge in [0.15, 0.2) is 0 Å². The molecule has 1 aromatic heterocycles. The number of carboxylic acid groups (broad SMARTS) is 1. The van der Waals surface area contributed by atoms with Crippen LogP contribution in [0.2, 0.25) is 0 Å². The smallest absolute Gasteiger partial charge is 0.307 e. The van der Waals surface area contributed by atoms with Crippen molar-refractivity contribution in [3.63, 3.8) is 0 Å². The Morgan fingerprint density at radius 3 is 2.61 bits per heavy atom. The molecule has 2 rings (SSSR count). The SMILES string of the molecule is Cn1ccc(COc2ccc(CC(=O)O)cc2)n1. The third-order valence-corrected chi connectivity index (χ3v) is 2.43. The standard InChI is InChI=1S/C13H14N2O3/c1-15-7-6-11(14-15)9-18-12-4-2-10(3-5-12)8-13(16)17/h2-7H,8-9H2,1H3,(H,16,17). The number of aromatic nitrogens is 2. The van der Waals surface area contributed by atoms with Gasteiger partial charge in [-0.25, -0.2) is 0 Å². The zero-order valence-corrected chi connectivity index (χ0v) is 10.0. The Morgan fingerprint density at radius 1 is 1.33 bits per heavy atom. The fourth-order valence-corrected chi connectivity index (χ4v) is 1.58. The van der Waals surface area contributed by atoms with E-state index in [1.54, 1.807) is 28.9 Å². The van der Waals surface area contributed by atoms with Gasteiger partial charge in [0.05, 0.1) is 12.1 Å². The summed E-state index contributed by atoms with van der Waals surface area (Å²) in [5.41, 5.74) is 1.61. The second-order valence-corrected chi connectivity index (χ2v) is 3.98. The molecule has 1 N–H and O–H groups in total. The molecule has 94 valence electrons. The van der Waals surface area contributed by atoms with Crippen molar-refractivity contribution < 1.29 is 14.6 Å². The van der Waals surface area contributed by atoms with Gasteiger partial charge >= 0.3 is 5.97 Å². The Kier molecular flexibility index (Phi) is 3.62. The molecule has 1 aromatic carbocycles. The van der Waals surface area contributed by atoms with E-state index in [9.17, 15) is 4.79 Å². The highest BCUT2D eigenvalue weighted by molar-refractivity contribution is 5.70. The second kappa shape index (κ2) is 5.35. The maximum Gasteiger partial charge on any atom is 0.307 e. The third-order valence-electron chi connectivity index (χ3n) is 2.43. The highest BCUT2D eigenvalue weighted by Crippen LogP contribution is 2.14. The normalized spacial score (nSPS) is 10.3. The largest absolute Gasteiger partial charge is 0.487 e. The monoisotopic (exact) mass is 246 g/mol. The van der Waals surface area contributed by atoms with E-state index in [0.29, 0.717) is 12.4 Å². The summed E-state index contributed by atoms with van der Waals surface area (Å²) in [6, 6.07) is 8.92. The van der Waals surface area contributed by atoms with E-state index in [1.165, 1.54) is 0 Å². The molecule has 0 aliphatic heterocycles. The molecule has 2 aromatic rings. The van der Waals surface area contributed by atoms with Crippen LogP contribution >= 0.6 is 0 Å². The number of hydrogen-bond donors (Lipinski definition) is 1. The van der Waals surface area contributed by atoms with E-state index < -0.39 is 5.97 Å². The zero-order chi connectivity index (χ0) is 13.0. The van der Waals surface area contributed by atoms with E-state index in [4.69, 9.17) is 9.84 Å². The number of rotatable bonds is 5. The fourth-order valence-electron chi connectivity index (χ4n) is 1.58. The maximum absolute atomic E-state index is 10.5. The molecule has 0 unspecified atom stereocenters. The first-order chi connectivity index (χ1) is 8.63. The first-order valence-corrected chi connectivity index (χ1v) is 5.55. The van der Waals surface area contributed by atoms with Gasteiger partial charge in [0, 0.05) is 13.2 Å². The quantitative estimate of drug-likeness (QED) is 0.870. The number of aryl methyl sites for hydroxylation is 1. The van der Waals surface area contributed by atoms with E-state index in [1.807, 2.05) is 19.3 Å². The van der Waals surface area contributed by atoms with Crippen LogP contribution in [0.4, 0.5) is 0 Å². The van der Waals surface area contributed by atoms with Crippen molar-refractivity contribution in [2.45, 2.75) is 13.0 Å². The lowest BCUT2D eigenvalue weighted by atomic mass is 10.1. The lowest BCUT2D eigenvalue weighted by Gasteiger charge is -2.04. The summed E-state index contributed by atoms with van der Waals surface area (Å²) >= 11 is 0. The van der Waals surface area contributed by atoms with Crippen molar-refractivity contribution in [1.82, 2.24) is 9.78 Å². The Morgan fingerprint density at radius 2 is 2.06 bits per heavy atom. The molecule has 5 heteroatoms. The van der Waals surface area contributed by atoms with Crippen LogP contribution in [0.25, 0.3) is 0 Å². The van der Waals surface area contributed by atoms with Gasteiger partial charge in [-0.3, -0.25) is 9.48 Å². The molecule has 0 radical (unpaired) electrons. The summed E-state index contributed by atoms with van der Waals surface area (Å²) in [6.07, 6.45) is 1.88. The summed E-state index contributed by atoms with van der Waals surface area (Å²) in [7, 11) is 1.85. The second-order valence-electron chi connectivity index (χ2n) is 3.98. The number of aliphatic carboxylic acids is 1. The minimum Gasteiger partial charge on any atom is -0.487 e. The van der Waals surface area contributed by atoms with Crippen LogP contribution in [-0.2, 0) is 24.9 Å². The molecule has 5 nitrogen and oxygen atoms in total. The van der Waals surface area contributed by atoms with Gasteiger partial charge < -0.3 is 9.84 Å². The van der Waals surface area contributed by atoms with Crippen LogP contribution in [0.1, 0.15) is 11.3 Å². The molecule has 0 fully saturated rings. The maximum atomic E-state index is 10.5. The Labute approximate surface area is 105 Å². The van der Waals surface area contributed by atoms with Crippen molar-refractivity contribution in [2.75, 3.05) is 0 Å². The molecule has 0 amide bonds. The highest BCUT2D eigenvalue weighted by Gasteiger charge is 2.02. The summed E-state index contributed by atoms with van der Waals surface area (Å²) in [5, 5.41) is 12.8. The third kappa shape index (κ3) is 3.35. The molecule has 1 heterocycles. The molecular formula is C13H14N2O3. The highest BCUT2D eigenvalue weighted by atomic mass is 16.5. The summed E-state index contributed by atoms with van der Waals surface area (Å²) in [4.78, 5) is 10.5. The molecular weight excluding hydrogens is 232 g/mol. The Bertz CT molecular complexity index is 531. The zero-order valence-electron chi connectivity index (χ0n) is 10.0. The van der Waals surface area contributed by atoms with Crippen molar-refractivity contribution in [2.24, 2.45) is 7.05 Å². The summed E-state index contributed by atoms with van der Waals surface area (Å²) < 4.78 is 7.26. The van der Waals surface area contributed by atoms with E-state index in [2.05, 4.69) is 5.10 Å². The van der Waals surface area contributed by atoms with Crippen LogP contribution in [0, 0.1) is 0 Å². The lowest BCUT2D eigenvalue weighted by Crippen LogP contribution is -2.00. The molecule has 0 aliphatic rings. The summed E-state index contributed by atoms with van der Waals surface area (Å²) in [5.74, 6) is -0.132. The lowest BCUT2D eigenvalue weighted by molar-refractivity contribution is -0.136. The van der Waals surface area contributed by atoms with Gasteiger partial charge in [0.2, 0.25) is 0 Å². The Hall–Kier alpha value is -2.30. The van der Waals surface area contributed by atoms with Crippen molar-refractivity contribution in [1.29, 1.82) is 0 Å². The van der Waals surface area contributed by atoms with Gasteiger partial charge in [-0.2, -0.15) is 5.10 Å². The molecule has 0 aliphatic carbocycles. The van der Waals surface area contributed by atoms with Crippen LogP contribution in [-0.4, -0.2) is 20.9 Å². The first-order valence-electron chi connectivity index (χ1n) is 5.55. The van der Waals surface area contributed by atoms with Crippen LogP contribution in [0.15, 0.2) is 36.5 Å². The molecule has 18 heavy (non-hydrogen) atoms. The molecule has 0 saturated carbocycles. The number of benzene rings is 1. The topological polar surface area (TPSA) is 64.3 Å². The van der Waals surface area contributed by atoms with E-state index >= 15 is 0 Å². The predicted molar refractivity (Wildman–Crippen MR) is 65.3 cm³/mol. The fraction of sp³-hybridized carbons (Fsp3) is 0.231. The average Bonchev–Trinajstić information content (AvgIpc) is 2.74. The molecule has 0 bridgehead atoms. The number of carbonyl (C=O) groups is 1. The van der Waals surface area contributed by atoms with E-state index in [0.717, 1.165) is 11.3 Å². The van der Waals surface area contributed by atoms with Crippen molar-refractivity contribution in [3.05, 3.63) is 47.8 Å². The van der Waals surface area contributed by atoms with Crippen molar-refractivity contribution in [3.8, 4) is 5.75 Å². The van der Waals surface area contributed by atoms with Crippen LogP contribution in [0.5, 0.6) is 5.75 Å².